The molecule has 0 bridgehead atoms. The first-order valence-electron chi connectivity index (χ1n) is 7.74. The molecular formula is C16H22N2O4. The molecule has 2 aromatic heterocycles. The molecule has 1 atom stereocenters. The molecular weight excluding hydrogens is 284 g/mol. The molecule has 1 aliphatic heterocycles. The molecule has 6 nitrogen and oxygen atoms in total. The first-order chi connectivity index (χ1) is 10.7. The number of piperidine rings is 1. The molecule has 0 spiro atoms. The van der Waals surface area contributed by atoms with Crippen molar-refractivity contribution in [3.8, 4) is 0 Å². The predicted octanol–water partition coefficient (Wildman–Crippen LogP) is 1.87. The van der Waals surface area contributed by atoms with E-state index in [0.717, 1.165) is 18.6 Å². The average Bonchev–Trinajstić information content (AvgIpc) is 3.10. The van der Waals surface area contributed by atoms with Gasteiger partial charge in [-0.05, 0) is 25.9 Å². The van der Waals surface area contributed by atoms with Gasteiger partial charge in [0.2, 0.25) is 0 Å². The fourth-order valence-corrected chi connectivity index (χ4v) is 3.16. The van der Waals surface area contributed by atoms with Crippen molar-refractivity contribution >= 4 is 17.1 Å². The Morgan fingerprint density at radius 3 is 2.86 bits per heavy atom. The molecule has 0 aromatic carbocycles. The van der Waals surface area contributed by atoms with Crippen LogP contribution in [0.15, 0.2) is 22.8 Å². The van der Waals surface area contributed by atoms with Gasteiger partial charge in [-0.25, -0.2) is 4.79 Å². The lowest BCUT2D eigenvalue weighted by molar-refractivity contribution is 0.0576. The molecule has 1 unspecified atom stereocenters. The third kappa shape index (κ3) is 3.03. The van der Waals surface area contributed by atoms with E-state index in [1.165, 1.54) is 26.4 Å². The lowest BCUT2D eigenvalue weighted by atomic mass is 10.1. The summed E-state index contributed by atoms with van der Waals surface area (Å²) in [5.74, 6) is -0.420. The number of fused-ring (bicyclic) bond motifs is 1. The van der Waals surface area contributed by atoms with Crippen molar-refractivity contribution in [1.29, 1.82) is 0 Å². The van der Waals surface area contributed by atoms with E-state index in [2.05, 4.69) is 4.90 Å². The smallest absolute Gasteiger partial charge is 0.354 e. The van der Waals surface area contributed by atoms with Crippen molar-refractivity contribution in [3.05, 3.63) is 24.1 Å². The number of nitrogens with zero attached hydrogens (tertiary/aromatic N) is 2. The van der Waals surface area contributed by atoms with Crippen molar-refractivity contribution in [2.24, 2.45) is 0 Å². The van der Waals surface area contributed by atoms with E-state index in [9.17, 15) is 9.90 Å². The van der Waals surface area contributed by atoms with E-state index in [4.69, 9.17) is 9.15 Å². The minimum Gasteiger partial charge on any atom is -0.464 e. The molecule has 6 heteroatoms. The van der Waals surface area contributed by atoms with E-state index in [1.54, 1.807) is 23.0 Å². The summed E-state index contributed by atoms with van der Waals surface area (Å²) in [5.41, 5.74) is 1.85. The van der Waals surface area contributed by atoms with Crippen LogP contribution in [-0.2, 0) is 11.3 Å². The first-order valence-corrected chi connectivity index (χ1v) is 7.74. The number of hydrogen-bond donors (Lipinski definition) is 1. The zero-order valence-corrected chi connectivity index (χ0v) is 12.8. The van der Waals surface area contributed by atoms with E-state index in [1.807, 2.05) is 0 Å². The number of carbonyl (C=O) groups excluding carboxylic acids is 1. The number of methoxy groups -OCH3 is 1. The van der Waals surface area contributed by atoms with Crippen LogP contribution in [0.2, 0.25) is 0 Å². The Hall–Kier alpha value is -1.79. The number of likely N-dealkylation sites (tertiary alicyclic amines) is 1. The number of hydrogen-bond acceptors (Lipinski definition) is 5. The third-order valence-corrected chi connectivity index (χ3v) is 4.23. The number of rotatable bonds is 5. The molecule has 0 saturated carbocycles. The van der Waals surface area contributed by atoms with E-state index in [0.29, 0.717) is 24.4 Å². The number of β-amino-alcohol motifs (C(OH)–C–C–N with tert-alkyl or cyclic N) is 1. The van der Waals surface area contributed by atoms with Gasteiger partial charge in [0.25, 0.3) is 0 Å². The van der Waals surface area contributed by atoms with Crippen LogP contribution in [0.3, 0.4) is 0 Å². The fourth-order valence-electron chi connectivity index (χ4n) is 3.16. The minimum absolute atomic E-state index is 0.351. The van der Waals surface area contributed by atoms with Crippen molar-refractivity contribution < 1.29 is 19.1 Å². The zero-order chi connectivity index (χ0) is 15.5. The summed E-state index contributed by atoms with van der Waals surface area (Å²) < 4.78 is 11.9. The van der Waals surface area contributed by atoms with Crippen molar-refractivity contribution in [1.82, 2.24) is 9.47 Å². The lowest BCUT2D eigenvalue weighted by Gasteiger charge is -2.28. The summed E-state index contributed by atoms with van der Waals surface area (Å²) in [5, 5.41) is 10.4. The normalized spacial score (nSPS) is 17.7. The van der Waals surface area contributed by atoms with E-state index in [-0.39, 0.29) is 0 Å². The van der Waals surface area contributed by atoms with E-state index >= 15 is 0 Å². The Bertz CT molecular complexity index is 640. The fraction of sp³-hybridized carbons (Fsp3) is 0.562. The standard InChI is InChI=1S/C16H22N2O4/c1-21-16(20)14-9-15-13(5-8-22-15)18(14)11-12(19)10-17-6-3-2-4-7-17/h5,8-9,12,19H,2-4,6-7,10-11H2,1H3. The highest BCUT2D eigenvalue weighted by molar-refractivity contribution is 5.93. The lowest BCUT2D eigenvalue weighted by Crippen LogP contribution is -2.38. The first kappa shape index (κ1) is 15.1. The number of aromatic nitrogens is 1. The second-order valence-electron chi connectivity index (χ2n) is 5.82. The average molecular weight is 306 g/mol. The summed E-state index contributed by atoms with van der Waals surface area (Å²) >= 11 is 0. The SMILES string of the molecule is COC(=O)c1cc2occc2n1CC(O)CN1CCCCC1. The van der Waals surface area contributed by atoms with Gasteiger partial charge in [0.05, 0.1) is 31.5 Å². The largest absolute Gasteiger partial charge is 0.464 e. The molecule has 1 N–H and O–H groups in total. The number of carbonyl (C=O) groups is 1. The highest BCUT2D eigenvalue weighted by Gasteiger charge is 2.21. The second kappa shape index (κ2) is 6.54. The molecule has 3 rings (SSSR count). The summed E-state index contributed by atoms with van der Waals surface area (Å²) in [7, 11) is 1.35. The molecule has 120 valence electrons. The molecule has 0 radical (unpaired) electrons. The van der Waals surface area contributed by atoms with Gasteiger partial charge >= 0.3 is 5.97 Å². The Labute approximate surface area is 129 Å². The number of aliphatic hydroxyl groups is 1. The summed E-state index contributed by atoms with van der Waals surface area (Å²) in [6.45, 7) is 3.05. The Balaban J connectivity index is 1.76. The topological polar surface area (TPSA) is 67.8 Å². The van der Waals surface area contributed by atoms with Gasteiger partial charge < -0.3 is 23.7 Å². The van der Waals surface area contributed by atoms with Gasteiger partial charge in [-0.2, -0.15) is 0 Å². The van der Waals surface area contributed by atoms with Crippen LogP contribution in [-0.4, -0.2) is 53.4 Å². The number of furan rings is 1. The van der Waals surface area contributed by atoms with Gasteiger partial charge in [0, 0.05) is 18.7 Å². The Morgan fingerprint density at radius 2 is 2.14 bits per heavy atom. The molecule has 1 fully saturated rings. The van der Waals surface area contributed by atoms with Crippen molar-refractivity contribution in [2.45, 2.75) is 31.9 Å². The third-order valence-electron chi connectivity index (χ3n) is 4.23. The van der Waals surface area contributed by atoms with Crippen LogP contribution >= 0.6 is 0 Å². The molecule has 22 heavy (non-hydrogen) atoms. The molecule has 0 aliphatic carbocycles. The summed E-state index contributed by atoms with van der Waals surface area (Å²) in [6, 6.07) is 3.46. The summed E-state index contributed by atoms with van der Waals surface area (Å²) in [4.78, 5) is 14.2. The quantitative estimate of drug-likeness (QED) is 0.854. The van der Waals surface area contributed by atoms with Gasteiger partial charge in [0.1, 0.15) is 5.69 Å². The van der Waals surface area contributed by atoms with Crippen LogP contribution in [0.25, 0.3) is 11.1 Å². The summed E-state index contributed by atoms with van der Waals surface area (Å²) in [6.07, 6.45) is 4.70. The number of ether oxygens (including phenoxy) is 1. The highest BCUT2D eigenvalue weighted by atomic mass is 16.5. The van der Waals surface area contributed by atoms with Crippen LogP contribution < -0.4 is 0 Å². The van der Waals surface area contributed by atoms with Gasteiger partial charge in [-0.3, -0.25) is 0 Å². The van der Waals surface area contributed by atoms with Crippen molar-refractivity contribution in [2.75, 3.05) is 26.7 Å². The van der Waals surface area contributed by atoms with Gasteiger partial charge in [-0.1, -0.05) is 6.42 Å². The molecule has 1 saturated heterocycles. The van der Waals surface area contributed by atoms with Gasteiger partial charge in [-0.15, -0.1) is 0 Å². The molecule has 1 aliphatic rings. The monoisotopic (exact) mass is 306 g/mol. The maximum Gasteiger partial charge on any atom is 0.354 e. The van der Waals surface area contributed by atoms with Gasteiger partial charge in [0.15, 0.2) is 5.58 Å². The Morgan fingerprint density at radius 1 is 1.36 bits per heavy atom. The molecule has 2 aromatic rings. The maximum absolute atomic E-state index is 11.9. The van der Waals surface area contributed by atoms with Crippen LogP contribution in [0.1, 0.15) is 29.8 Å². The molecule has 0 amide bonds. The maximum atomic E-state index is 11.9. The Kier molecular flexibility index (Phi) is 4.49. The molecule has 3 heterocycles. The minimum atomic E-state index is -0.535. The zero-order valence-electron chi connectivity index (χ0n) is 12.8. The van der Waals surface area contributed by atoms with Crippen LogP contribution in [0, 0.1) is 0 Å². The van der Waals surface area contributed by atoms with Crippen LogP contribution in [0.4, 0.5) is 0 Å². The predicted molar refractivity (Wildman–Crippen MR) is 81.8 cm³/mol. The van der Waals surface area contributed by atoms with Crippen molar-refractivity contribution in [3.63, 3.8) is 0 Å². The number of esters is 1. The van der Waals surface area contributed by atoms with Crippen LogP contribution in [0.5, 0.6) is 0 Å². The second-order valence-corrected chi connectivity index (χ2v) is 5.82. The van der Waals surface area contributed by atoms with E-state index < -0.39 is 12.1 Å². The highest BCUT2D eigenvalue weighted by Crippen LogP contribution is 2.22. The number of aliphatic hydroxyl groups excluding tert-OH is 1.